The van der Waals surface area contributed by atoms with Crippen molar-refractivity contribution in [1.29, 1.82) is 0 Å². The number of fused-ring (bicyclic) bond motifs is 2. The number of aromatic nitrogens is 2. The van der Waals surface area contributed by atoms with Crippen molar-refractivity contribution < 1.29 is 13.9 Å². The molecule has 1 aliphatic carbocycles. The van der Waals surface area contributed by atoms with E-state index in [2.05, 4.69) is 26.9 Å². The minimum Gasteiger partial charge on any atom is -0.442 e. The SMILES string of the molecule is Cc1oc2ncnc(NC3(C)CC3)c2c1C(=O)N1CC[C@@H]2[OH+]CC[C@@H]21. The molecule has 0 unspecified atom stereocenters. The highest BCUT2D eigenvalue weighted by Crippen LogP contribution is 2.41. The molecule has 2 atom stereocenters. The molecule has 2 aromatic rings. The molecule has 2 saturated heterocycles. The van der Waals surface area contributed by atoms with Crippen LogP contribution >= 0.6 is 0 Å². The fraction of sp³-hybridized carbons (Fsp3) is 0.611. The molecule has 0 spiro atoms. The number of nitrogens with zero attached hydrogens (tertiary/aromatic N) is 3. The molecule has 2 N–H and O–H groups in total. The van der Waals surface area contributed by atoms with Gasteiger partial charge in [-0.25, -0.2) is 9.97 Å². The molecule has 5 rings (SSSR count). The van der Waals surface area contributed by atoms with Crippen LogP contribution in [0.5, 0.6) is 0 Å². The van der Waals surface area contributed by atoms with E-state index in [1.807, 2.05) is 11.8 Å². The lowest BCUT2D eigenvalue weighted by molar-refractivity contribution is -0.0589. The molecule has 132 valence electrons. The second kappa shape index (κ2) is 5.17. The lowest BCUT2D eigenvalue weighted by Crippen LogP contribution is -2.37. The predicted molar refractivity (Wildman–Crippen MR) is 92.7 cm³/mol. The molecule has 0 radical (unpaired) electrons. The highest BCUT2D eigenvalue weighted by atomic mass is 16.5. The van der Waals surface area contributed by atoms with Gasteiger partial charge in [-0.1, -0.05) is 0 Å². The van der Waals surface area contributed by atoms with Gasteiger partial charge < -0.3 is 19.4 Å². The molecular weight excluding hydrogens is 320 g/mol. The summed E-state index contributed by atoms with van der Waals surface area (Å²) in [5, 5.41) is 4.20. The average molecular weight is 343 g/mol. The number of anilines is 1. The predicted octanol–water partition coefficient (Wildman–Crippen LogP) is 2.01. The first-order chi connectivity index (χ1) is 12.1. The number of aryl methyl sites for hydroxylation is 1. The Hall–Kier alpha value is -2.15. The van der Waals surface area contributed by atoms with Crippen molar-refractivity contribution in [2.75, 3.05) is 18.5 Å². The van der Waals surface area contributed by atoms with Crippen LogP contribution in [0, 0.1) is 6.92 Å². The third-order valence-electron chi connectivity index (χ3n) is 5.86. The molecule has 1 amide bonds. The Morgan fingerprint density at radius 2 is 2.24 bits per heavy atom. The lowest BCUT2D eigenvalue weighted by atomic mass is 10.1. The molecule has 25 heavy (non-hydrogen) atoms. The van der Waals surface area contributed by atoms with Crippen molar-refractivity contribution in [2.45, 2.75) is 57.2 Å². The minimum absolute atomic E-state index is 0.0275. The van der Waals surface area contributed by atoms with E-state index in [1.165, 1.54) is 6.33 Å². The smallest absolute Gasteiger partial charge is 0.258 e. The van der Waals surface area contributed by atoms with Crippen LogP contribution in [0.4, 0.5) is 5.82 Å². The van der Waals surface area contributed by atoms with Gasteiger partial charge in [0.15, 0.2) is 6.10 Å². The number of carbonyl (C=O) groups excluding carboxylic acids is 1. The zero-order chi connectivity index (χ0) is 17.2. The van der Waals surface area contributed by atoms with E-state index in [0.29, 0.717) is 29.0 Å². The summed E-state index contributed by atoms with van der Waals surface area (Å²) in [5.41, 5.74) is 1.15. The summed E-state index contributed by atoms with van der Waals surface area (Å²) >= 11 is 0. The van der Waals surface area contributed by atoms with Crippen molar-refractivity contribution in [3.05, 3.63) is 17.7 Å². The van der Waals surface area contributed by atoms with E-state index in [9.17, 15) is 4.79 Å². The second-order valence-corrected chi connectivity index (χ2v) is 7.74. The number of hydrogen-bond acceptors (Lipinski definition) is 5. The van der Waals surface area contributed by atoms with E-state index in [0.717, 1.165) is 44.2 Å². The zero-order valence-electron chi connectivity index (χ0n) is 14.6. The number of ether oxygens (including phenoxy) is 1. The van der Waals surface area contributed by atoms with Crippen LogP contribution in [-0.4, -0.2) is 56.3 Å². The Morgan fingerprint density at radius 3 is 3.04 bits per heavy atom. The highest BCUT2D eigenvalue weighted by Gasteiger charge is 2.46. The molecule has 0 aromatic carbocycles. The summed E-state index contributed by atoms with van der Waals surface area (Å²) in [6.45, 7) is 5.63. The Balaban J connectivity index is 1.58. The summed E-state index contributed by atoms with van der Waals surface area (Å²) in [6, 6.07) is 0.235. The van der Waals surface area contributed by atoms with Crippen molar-refractivity contribution in [3.8, 4) is 0 Å². The number of nitrogens with one attached hydrogen (secondary N) is 1. The van der Waals surface area contributed by atoms with E-state index >= 15 is 0 Å². The average Bonchev–Trinajstić information content (AvgIpc) is 2.96. The summed E-state index contributed by atoms with van der Waals surface area (Å²) in [6.07, 6.45) is 5.94. The lowest BCUT2D eigenvalue weighted by Gasteiger charge is -2.21. The first-order valence-corrected chi connectivity index (χ1v) is 9.06. The summed E-state index contributed by atoms with van der Waals surface area (Å²) < 4.78 is 10.4. The van der Waals surface area contributed by atoms with Crippen molar-refractivity contribution in [1.82, 2.24) is 14.9 Å². The number of likely N-dealkylation sites (tertiary alicyclic amines) is 1. The topological polar surface area (TPSA) is 84.1 Å². The molecule has 3 aliphatic rings. The molecule has 0 bridgehead atoms. The van der Waals surface area contributed by atoms with Crippen LogP contribution in [0.25, 0.3) is 11.1 Å². The first-order valence-electron chi connectivity index (χ1n) is 9.06. The normalized spacial score (nSPS) is 26.9. The standard InChI is InChI=1S/C18H22N4O3/c1-10-13(17(23)22-7-3-12-11(22)4-8-24-12)14-15(21-18(2)5-6-18)19-9-20-16(14)25-10/h9,11-12H,3-8H2,1-2H3,(H,19,20,21)/p+1/t11-,12-/m0/s1. The minimum atomic E-state index is 0.0275. The van der Waals surface area contributed by atoms with Gasteiger partial charge in [-0.15, -0.1) is 0 Å². The largest absolute Gasteiger partial charge is 0.442 e. The Labute approximate surface area is 145 Å². The fourth-order valence-corrected chi connectivity index (χ4v) is 4.16. The monoisotopic (exact) mass is 343 g/mol. The molecule has 1 saturated carbocycles. The van der Waals surface area contributed by atoms with E-state index in [1.54, 1.807) is 0 Å². The maximum atomic E-state index is 13.4. The molecular formula is C18H23N4O3+. The van der Waals surface area contributed by atoms with Gasteiger partial charge in [0.25, 0.3) is 5.91 Å². The number of amides is 1. The Bertz CT molecular complexity index is 857. The van der Waals surface area contributed by atoms with Crippen LogP contribution in [0.2, 0.25) is 0 Å². The quantitative estimate of drug-likeness (QED) is 0.862. The molecule has 2 aliphatic heterocycles. The number of aliphatic hydroxyl groups is 2. The molecule has 2 aromatic heterocycles. The number of rotatable bonds is 3. The molecule has 3 fully saturated rings. The highest BCUT2D eigenvalue weighted by molar-refractivity contribution is 6.10. The number of furan rings is 1. The van der Waals surface area contributed by atoms with Crippen LogP contribution in [0.15, 0.2) is 10.7 Å². The molecule has 7 heteroatoms. The Morgan fingerprint density at radius 1 is 1.40 bits per heavy atom. The third kappa shape index (κ3) is 2.33. The van der Waals surface area contributed by atoms with Gasteiger partial charge in [-0.2, -0.15) is 0 Å². The van der Waals surface area contributed by atoms with Crippen molar-refractivity contribution >= 4 is 22.8 Å². The summed E-state index contributed by atoms with van der Waals surface area (Å²) in [5.74, 6) is 1.35. The number of carbonyl (C=O) groups is 1. The summed E-state index contributed by atoms with van der Waals surface area (Å²) in [4.78, 5) is 24.0. The van der Waals surface area contributed by atoms with Crippen LogP contribution < -0.4 is 5.32 Å². The zero-order valence-corrected chi connectivity index (χ0v) is 14.6. The van der Waals surface area contributed by atoms with E-state index in [4.69, 9.17) is 4.42 Å². The molecule has 4 heterocycles. The van der Waals surface area contributed by atoms with E-state index in [-0.39, 0.29) is 17.5 Å². The van der Waals surface area contributed by atoms with Gasteiger partial charge in [0.1, 0.15) is 30.6 Å². The van der Waals surface area contributed by atoms with Gasteiger partial charge in [0.05, 0.1) is 10.9 Å². The van der Waals surface area contributed by atoms with Crippen LogP contribution in [0.1, 0.15) is 48.7 Å². The van der Waals surface area contributed by atoms with Gasteiger partial charge in [-0.05, 0) is 26.7 Å². The van der Waals surface area contributed by atoms with Gasteiger partial charge >= 0.3 is 0 Å². The summed E-state index contributed by atoms with van der Waals surface area (Å²) in [7, 11) is 0. The fourth-order valence-electron chi connectivity index (χ4n) is 4.16. The van der Waals surface area contributed by atoms with E-state index < -0.39 is 0 Å². The van der Waals surface area contributed by atoms with Crippen LogP contribution in [0.3, 0.4) is 0 Å². The third-order valence-corrected chi connectivity index (χ3v) is 5.86. The maximum Gasteiger partial charge on any atom is 0.258 e. The first kappa shape index (κ1) is 15.1. The molecule has 7 nitrogen and oxygen atoms in total. The van der Waals surface area contributed by atoms with Gasteiger partial charge in [0, 0.05) is 24.9 Å². The second-order valence-electron chi connectivity index (χ2n) is 7.74. The Kier molecular flexibility index (Phi) is 3.13. The maximum absolute atomic E-state index is 13.4. The van der Waals surface area contributed by atoms with Crippen molar-refractivity contribution in [3.63, 3.8) is 0 Å². The van der Waals surface area contributed by atoms with Crippen molar-refractivity contribution in [2.24, 2.45) is 0 Å². The van der Waals surface area contributed by atoms with Crippen LogP contribution in [-0.2, 0) is 0 Å². The van der Waals surface area contributed by atoms with Gasteiger partial charge in [0.2, 0.25) is 5.71 Å². The van der Waals surface area contributed by atoms with Gasteiger partial charge in [-0.3, -0.25) is 4.79 Å². The number of hydrogen-bond donors (Lipinski definition) is 1.